The summed E-state index contributed by atoms with van der Waals surface area (Å²) in [4.78, 5) is 8.16. The highest BCUT2D eigenvalue weighted by Crippen LogP contribution is 2.61. The summed E-state index contributed by atoms with van der Waals surface area (Å²) in [6, 6.07) is 13.5. The number of halogens is 4. The van der Waals surface area contributed by atoms with Gasteiger partial charge in [0.05, 0.1) is 12.6 Å². The molecule has 0 bridgehead atoms. The summed E-state index contributed by atoms with van der Waals surface area (Å²) >= 11 is 19.9. The van der Waals surface area contributed by atoms with E-state index in [2.05, 4.69) is 43.7 Å². The Labute approximate surface area is 169 Å². The van der Waals surface area contributed by atoms with Gasteiger partial charge in [-0.25, -0.2) is 9.97 Å². The van der Waals surface area contributed by atoms with E-state index in [0.717, 1.165) is 16.5 Å². The molecule has 3 rings (SSSR count). The lowest BCUT2D eigenvalue weighted by Crippen LogP contribution is -1.98. The largest absolute Gasteiger partial charge is 0.493 e. The van der Waals surface area contributed by atoms with Crippen LogP contribution in [0.2, 0.25) is 5.15 Å². The lowest BCUT2D eigenvalue weighted by molar-refractivity contribution is 0.285. The summed E-state index contributed by atoms with van der Waals surface area (Å²) in [5, 5.41) is -2.09. The van der Waals surface area contributed by atoms with E-state index in [1.165, 1.54) is 6.33 Å². The third kappa shape index (κ3) is 6.82. The minimum Gasteiger partial charge on any atom is -0.493 e. The molecule has 0 saturated carbocycles. The maximum atomic E-state index is 9.51. The summed E-state index contributed by atoms with van der Waals surface area (Å²) < 4.78 is 20.7. The van der Waals surface area contributed by atoms with Gasteiger partial charge in [0.2, 0.25) is 0 Å². The van der Waals surface area contributed by atoms with Gasteiger partial charge in [-0.1, -0.05) is 41.9 Å². The van der Waals surface area contributed by atoms with Crippen molar-refractivity contribution in [3.63, 3.8) is 0 Å². The van der Waals surface area contributed by atoms with Crippen LogP contribution < -0.4 is 9.47 Å². The molecule has 26 heavy (non-hydrogen) atoms. The van der Waals surface area contributed by atoms with E-state index in [1.807, 2.05) is 30.3 Å². The van der Waals surface area contributed by atoms with Crippen LogP contribution in [0.4, 0.5) is 0 Å². The zero-order valence-corrected chi connectivity index (χ0v) is 17.3. The van der Waals surface area contributed by atoms with Crippen LogP contribution in [-0.4, -0.2) is 17.1 Å². The fourth-order valence-electron chi connectivity index (χ4n) is 2.04. The molecule has 3 aromatic rings. The Hall–Kier alpha value is -1.23. The molecule has 0 N–H and O–H groups in total. The van der Waals surface area contributed by atoms with Crippen LogP contribution in [0.25, 0.3) is 10.9 Å². The van der Waals surface area contributed by atoms with Crippen molar-refractivity contribution in [1.82, 2.24) is 9.97 Å². The van der Waals surface area contributed by atoms with Crippen LogP contribution >= 0.6 is 50.5 Å². The van der Waals surface area contributed by atoms with Gasteiger partial charge in [0.1, 0.15) is 18.1 Å². The smallest absolute Gasteiger partial charge is 0.339 e. The summed E-state index contributed by atoms with van der Waals surface area (Å²) in [6.07, 6.45) is 1.43. The average Bonchev–Trinajstić information content (AvgIpc) is 2.59. The normalized spacial score (nSPS) is 10.8. The zero-order chi connectivity index (χ0) is 19.2. The molecule has 0 aliphatic rings. The Balaban J connectivity index is 0.000000431. The van der Waals surface area contributed by atoms with Gasteiger partial charge >= 0.3 is 5.20 Å². The van der Waals surface area contributed by atoms with E-state index in [0.29, 0.717) is 23.3 Å². The van der Waals surface area contributed by atoms with Gasteiger partial charge < -0.3 is 9.47 Å². The van der Waals surface area contributed by atoms with Crippen LogP contribution in [0.5, 0.6) is 11.5 Å². The number of hydrogen-bond acceptors (Lipinski definition) is 5. The highest BCUT2D eigenvalue weighted by atomic mass is 36.0. The van der Waals surface area contributed by atoms with Gasteiger partial charge in [0, 0.05) is 11.5 Å². The molecule has 1 heterocycles. The molecular formula is C16H13Cl4N2O3P. The monoisotopic (exact) mass is 452 g/mol. The van der Waals surface area contributed by atoms with E-state index in [9.17, 15) is 4.57 Å². The molecule has 0 amide bonds. The summed E-state index contributed by atoms with van der Waals surface area (Å²) in [6.45, 7) is 0.452. The first-order valence-corrected chi connectivity index (χ1v) is 11.9. The Morgan fingerprint density at radius 3 is 2.31 bits per heavy atom. The molecule has 5 nitrogen and oxygen atoms in total. The summed E-state index contributed by atoms with van der Waals surface area (Å²) in [5.41, 5.74) is 1.80. The number of benzene rings is 2. The van der Waals surface area contributed by atoms with Gasteiger partial charge in [-0.3, -0.25) is 4.57 Å². The third-order valence-electron chi connectivity index (χ3n) is 3.11. The number of aromatic nitrogens is 2. The predicted octanol–water partition coefficient (Wildman–Crippen LogP) is 6.68. The quantitative estimate of drug-likeness (QED) is 0.325. The van der Waals surface area contributed by atoms with Crippen molar-refractivity contribution in [1.29, 1.82) is 0 Å². The van der Waals surface area contributed by atoms with Crippen LogP contribution in [0, 0.1) is 0 Å². The second-order valence-electron chi connectivity index (χ2n) is 4.86. The first-order valence-electron chi connectivity index (χ1n) is 7.12. The highest BCUT2D eigenvalue weighted by molar-refractivity contribution is 8.24. The van der Waals surface area contributed by atoms with E-state index in [4.69, 9.17) is 21.1 Å². The molecule has 1 aromatic heterocycles. The molecule has 138 valence electrons. The number of ether oxygens (including phenoxy) is 2. The SMILES string of the molecule is COc1cc2ncnc(Cl)c2cc1OCc1ccccc1.O=P(Cl)(Cl)Cl. The minimum atomic E-state index is -3.22. The Kier molecular flexibility index (Phi) is 7.81. The zero-order valence-electron chi connectivity index (χ0n) is 13.4. The fraction of sp³-hybridized carbons (Fsp3) is 0.125. The maximum absolute atomic E-state index is 9.51. The number of fused-ring (bicyclic) bond motifs is 1. The van der Waals surface area contributed by atoms with E-state index in [1.54, 1.807) is 19.2 Å². The molecule has 0 saturated heterocycles. The van der Waals surface area contributed by atoms with Gasteiger partial charge in [0.25, 0.3) is 0 Å². The maximum Gasteiger partial charge on any atom is 0.339 e. The lowest BCUT2D eigenvalue weighted by Gasteiger charge is -2.12. The van der Waals surface area contributed by atoms with Crippen molar-refractivity contribution in [3.05, 3.63) is 59.5 Å². The van der Waals surface area contributed by atoms with Crippen molar-refractivity contribution >= 4 is 61.4 Å². The molecule has 0 fully saturated rings. The van der Waals surface area contributed by atoms with Crippen LogP contribution in [-0.2, 0) is 11.2 Å². The molecule has 0 aliphatic carbocycles. The van der Waals surface area contributed by atoms with E-state index < -0.39 is 5.20 Å². The van der Waals surface area contributed by atoms with Crippen molar-refractivity contribution < 1.29 is 14.0 Å². The van der Waals surface area contributed by atoms with Crippen LogP contribution in [0.15, 0.2) is 48.8 Å². The van der Waals surface area contributed by atoms with Crippen molar-refractivity contribution in [3.8, 4) is 11.5 Å². The van der Waals surface area contributed by atoms with Gasteiger partial charge in [-0.2, -0.15) is 0 Å². The van der Waals surface area contributed by atoms with E-state index in [-0.39, 0.29) is 0 Å². The highest BCUT2D eigenvalue weighted by Gasteiger charge is 2.10. The molecular weight excluding hydrogens is 441 g/mol. The van der Waals surface area contributed by atoms with Crippen LogP contribution in [0.3, 0.4) is 0 Å². The molecule has 0 unspecified atom stereocenters. The molecule has 10 heteroatoms. The molecule has 0 atom stereocenters. The van der Waals surface area contributed by atoms with Gasteiger partial charge in [0.15, 0.2) is 11.5 Å². The van der Waals surface area contributed by atoms with Crippen molar-refractivity contribution in [2.75, 3.05) is 7.11 Å². The molecule has 2 aromatic carbocycles. The molecule has 0 spiro atoms. The second-order valence-corrected chi connectivity index (χ2v) is 11.9. The number of methoxy groups -OCH3 is 1. The second kappa shape index (κ2) is 9.63. The van der Waals surface area contributed by atoms with Gasteiger partial charge in [-0.15, -0.1) is 0 Å². The third-order valence-corrected chi connectivity index (χ3v) is 3.41. The van der Waals surface area contributed by atoms with Crippen LogP contribution in [0.1, 0.15) is 5.56 Å². The number of nitrogens with zero attached hydrogens (tertiary/aromatic N) is 2. The lowest BCUT2D eigenvalue weighted by atomic mass is 10.2. The van der Waals surface area contributed by atoms with Crippen molar-refractivity contribution in [2.24, 2.45) is 0 Å². The predicted molar refractivity (Wildman–Crippen MR) is 107 cm³/mol. The Morgan fingerprint density at radius 1 is 1.04 bits per heavy atom. The van der Waals surface area contributed by atoms with Crippen molar-refractivity contribution in [2.45, 2.75) is 6.61 Å². The first-order chi connectivity index (χ1) is 12.3. The van der Waals surface area contributed by atoms with E-state index >= 15 is 0 Å². The Morgan fingerprint density at radius 2 is 1.69 bits per heavy atom. The first kappa shape index (κ1) is 21.1. The molecule has 0 radical (unpaired) electrons. The topological polar surface area (TPSA) is 61.3 Å². The summed E-state index contributed by atoms with van der Waals surface area (Å²) in [5.74, 6) is 1.23. The number of hydrogen-bond donors (Lipinski definition) is 0. The number of rotatable bonds is 4. The fourth-order valence-corrected chi connectivity index (χ4v) is 2.24. The van der Waals surface area contributed by atoms with Gasteiger partial charge in [-0.05, 0) is 45.4 Å². The Bertz CT molecular complexity index is 914. The average molecular weight is 454 g/mol. The molecule has 0 aliphatic heterocycles. The standard InChI is InChI=1S/C16H13ClN2O2.Cl3OP/c1-20-14-8-13-12(16(17)19-10-18-13)7-15(14)21-9-11-5-3-2-4-6-11;1-5(2,3)4/h2-8,10H,9H2,1H3;. The minimum absolute atomic E-state index is 0.396. The summed E-state index contributed by atoms with van der Waals surface area (Å²) in [7, 11) is 1.60.